The van der Waals surface area contributed by atoms with E-state index in [0.717, 1.165) is 25.1 Å². The van der Waals surface area contributed by atoms with Crippen LogP contribution in [0.1, 0.15) is 29.0 Å². The van der Waals surface area contributed by atoms with Gasteiger partial charge in [0.25, 0.3) is 5.91 Å². The highest BCUT2D eigenvalue weighted by atomic mass is 16.5. The number of hydrogen-bond acceptors (Lipinski definition) is 6. The Morgan fingerprint density at radius 2 is 2.38 bits per heavy atom. The molecule has 0 spiro atoms. The first-order chi connectivity index (χ1) is 11.8. The van der Waals surface area contributed by atoms with E-state index in [2.05, 4.69) is 15.3 Å². The molecule has 0 bridgehead atoms. The van der Waals surface area contributed by atoms with Crippen molar-refractivity contribution in [2.75, 3.05) is 19.7 Å². The van der Waals surface area contributed by atoms with Crippen LogP contribution >= 0.6 is 0 Å². The summed E-state index contributed by atoms with van der Waals surface area (Å²) in [7, 11) is 0. The number of nitrogens with zero attached hydrogens (tertiary/aromatic N) is 5. The zero-order chi connectivity index (χ0) is 16.8. The van der Waals surface area contributed by atoms with Gasteiger partial charge < -0.3 is 15.4 Å². The van der Waals surface area contributed by atoms with Crippen molar-refractivity contribution in [2.24, 2.45) is 5.73 Å². The van der Waals surface area contributed by atoms with E-state index >= 15 is 0 Å². The largest absolute Gasteiger partial charge is 0.376 e. The molecule has 0 radical (unpaired) electrons. The summed E-state index contributed by atoms with van der Waals surface area (Å²) in [4.78, 5) is 18.9. The third-order valence-electron chi connectivity index (χ3n) is 3.93. The van der Waals surface area contributed by atoms with Gasteiger partial charge in [-0.1, -0.05) is 11.3 Å². The summed E-state index contributed by atoms with van der Waals surface area (Å²) in [5.41, 5.74) is 6.66. The molecule has 3 heterocycles. The summed E-state index contributed by atoms with van der Waals surface area (Å²) in [6.45, 7) is 2.68. The average molecular weight is 330 g/mol. The lowest BCUT2D eigenvalue weighted by molar-refractivity contribution is 0.0500. The Bertz CT molecular complexity index is 654. The monoisotopic (exact) mass is 330 g/mol. The van der Waals surface area contributed by atoms with Crippen molar-refractivity contribution in [3.63, 3.8) is 0 Å². The van der Waals surface area contributed by atoms with E-state index in [9.17, 15) is 4.79 Å². The van der Waals surface area contributed by atoms with Crippen molar-refractivity contribution in [1.82, 2.24) is 24.9 Å². The summed E-state index contributed by atoms with van der Waals surface area (Å²) in [6, 6.07) is 5.67. The highest BCUT2D eigenvalue weighted by Crippen LogP contribution is 2.16. The van der Waals surface area contributed by atoms with Crippen LogP contribution in [0.3, 0.4) is 0 Å². The number of aromatic nitrogens is 4. The predicted molar refractivity (Wildman–Crippen MR) is 87.0 cm³/mol. The molecule has 24 heavy (non-hydrogen) atoms. The molecule has 1 aliphatic heterocycles. The fourth-order valence-electron chi connectivity index (χ4n) is 2.74. The van der Waals surface area contributed by atoms with Crippen LogP contribution in [0.25, 0.3) is 0 Å². The molecule has 8 heteroatoms. The van der Waals surface area contributed by atoms with E-state index in [-0.39, 0.29) is 12.0 Å². The minimum atomic E-state index is -0.167. The van der Waals surface area contributed by atoms with Crippen LogP contribution in [0.5, 0.6) is 0 Å². The molecule has 0 aliphatic carbocycles. The topological polar surface area (TPSA) is 99.2 Å². The number of carbonyl (C=O) groups is 1. The van der Waals surface area contributed by atoms with E-state index in [1.807, 2.05) is 18.2 Å². The van der Waals surface area contributed by atoms with Gasteiger partial charge in [-0.15, -0.1) is 5.10 Å². The second-order valence-corrected chi connectivity index (χ2v) is 5.80. The molecule has 128 valence electrons. The normalized spacial score (nSPS) is 17.1. The number of carbonyl (C=O) groups excluding carboxylic acids is 1. The third kappa shape index (κ3) is 4.15. The van der Waals surface area contributed by atoms with Gasteiger partial charge in [0.05, 0.1) is 31.1 Å². The molecule has 1 aliphatic rings. The molecular weight excluding hydrogens is 308 g/mol. The minimum absolute atomic E-state index is 0.0664. The number of rotatable bonds is 7. The Kier molecular flexibility index (Phi) is 5.50. The van der Waals surface area contributed by atoms with E-state index in [1.165, 1.54) is 0 Å². The van der Waals surface area contributed by atoms with Gasteiger partial charge in [-0.3, -0.25) is 14.5 Å². The molecule has 1 amide bonds. The van der Waals surface area contributed by atoms with Crippen LogP contribution in [0.2, 0.25) is 0 Å². The number of nitrogens with two attached hydrogens (primary N) is 1. The SMILES string of the molecule is NCCn1cc(C(=O)N(Cc2ccccn2)C[C@@H]2CCCO2)nn1. The Hall–Kier alpha value is -2.32. The maximum absolute atomic E-state index is 12.9. The standard InChI is InChI=1S/C16H22N6O2/c17-6-8-22-12-15(19-20-22)16(23)21(11-14-5-3-9-24-14)10-13-4-1-2-7-18-13/h1-2,4,7,12,14H,3,5-6,8-11,17H2/t14-/m0/s1. The zero-order valence-electron chi connectivity index (χ0n) is 13.5. The summed E-state index contributed by atoms with van der Waals surface area (Å²) < 4.78 is 7.26. The van der Waals surface area contributed by atoms with Crippen molar-refractivity contribution in [3.8, 4) is 0 Å². The maximum Gasteiger partial charge on any atom is 0.276 e. The Morgan fingerprint density at radius 1 is 1.46 bits per heavy atom. The van der Waals surface area contributed by atoms with E-state index in [4.69, 9.17) is 10.5 Å². The first kappa shape index (κ1) is 16.5. The van der Waals surface area contributed by atoms with Crippen LogP contribution in [0, 0.1) is 0 Å². The quantitative estimate of drug-likeness (QED) is 0.791. The minimum Gasteiger partial charge on any atom is -0.376 e. The zero-order valence-corrected chi connectivity index (χ0v) is 13.5. The van der Waals surface area contributed by atoms with Crippen molar-refractivity contribution in [2.45, 2.75) is 32.0 Å². The highest BCUT2D eigenvalue weighted by molar-refractivity contribution is 5.91. The highest BCUT2D eigenvalue weighted by Gasteiger charge is 2.25. The van der Waals surface area contributed by atoms with Crippen LogP contribution < -0.4 is 5.73 Å². The Labute approximate surface area is 140 Å². The summed E-state index contributed by atoms with van der Waals surface area (Å²) in [6.07, 6.45) is 5.42. The molecule has 1 fully saturated rings. The van der Waals surface area contributed by atoms with E-state index in [1.54, 1.807) is 22.0 Å². The van der Waals surface area contributed by atoms with Gasteiger partial charge in [0.2, 0.25) is 0 Å². The second kappa shape index (κ2) is 7.98. The predicted octanol–water partition coefficient (Wildman–Crippen LogP) is 0.453. The van der Waals surface area contributed by atoms with Crippen LogP contribution in [0.15, 0.2) is 30.6 Å². The van der Waals surface area contributed by atoms with E-state index < -0.39 is 0 Å². The van der Waals surface area contributed by atoms with Gasteiger partial charge in [0.1, 0.15) is 0 Å². The Balaban J connectivity index is 1.75. The van der Waals surface area contributed by atoms with Crippen molar-refractivity contribution in [3.05, 3.63) is 42.0 Å². The maximum atomic E-state index is 12.9. The van der Waals surface area contributed by atoms with Crippen molar-refractivity contribution in [1.29, 1.82) is 0 Å². The molecular formula is C16H22N6O2. The van der Waals surface area contributed by atoms with Gasteiger partial charge in [0, 0.05) is 25.9 Å². The summed E-state index contributed by atoms with van der Waals surface area (Å²) >= 11 is 0. The number of amides is 1. The lowest BCUT2D eigenvalue weighted by Crippen LogP contribution is -2.37. The van der Waals surface area contributed by atoms with E-state index in [0.29, 0.717) is 31.9 Å². The number of hydrogen-bond donors (Lipinski definition) is 1. The smallest absolute Gasteiger partial charge is 0.276 e. The fraction of sp³-hybridized carbons (Fsp3) is 0.500. The van der Waals surface area contributed by atoms with Gasteiger partial charge >= 0.3 is 0 Å². The van der Waals surface area contributed by atoms with Crippen LogP contribution in [-0.2, 0) is 17.8 Å². The Morgan fingerprint density at radius 3 is 3.08 bits per heavy atom. The van der Waals surface area contributed by atoms with Gasteiger partial charge in [-0.2, -0.15) is 0 Å². The third-order valence-corrected chi connectivity index (χ3v) is 3.93. The van der Waals surface area contributed by atoms with Gasteiger partial charge in [0.15, 0.2) is 5.69 Å². The lowest BCUT2D eigenvalue weighted by Gasteiger charge is -2.24. The average Bonchev–Trinajstić information content (AvgIpc) is 3.27. The fourth-order valence-corrected chi connectivity index (χ4v) is 2.74. The van der Waals surface area contributed by atoms with Gasteiger partial charge in [-0.05, 0) is 25.0 Å². The second-order valence-electron chi connectivity index (χ2n) is 5.80. The molecule has 0 aromatic carbocycles. The molecule has 1 saturated heterocycles. The van der Waals surface area contributed by atoms with Crippen molar-refractivity contribution >= 4 is 5.91 Å². The van der Waals surface area contributed by atoms with Gasteiger partial charge in [-0.25, -0.2) is 0 Å². The number of ether oxygens (including phenoxy) is 1. The number of pyridine rings is 1. The van der Waals surface area contributed by atoms with Crippen LogP contribution in [-0.4, -0.2) is 56.6 Å². The first-order valence-corrected chi connectivity index (χ1v) is 8.17. The summed E-state index contributed by atoms with van der Waals surface area (Å²) in [5.74, 6) is -0.167. The molecule has 3 rings (SSSR count). The molecule has 0 unspecified atom stereocenters. The van der Waals surface area contributed by atoms with Crippen molar-refractivity contribution < 1.29 is 9.53 Å². The molecule has 2 aromatic rings. The summed E-state index contributed by atoms with van der Waals surface area (Å²) in [5, 5.41) is 7.92. The molecule has 1 atom stereocenters. The molecule has 2 N–H and O–H groups in total. The molecule has 8 nitrogen and oxygen atoms in total. The molecule has 2 aromatic heterocycles. The molecule has 0 saturated carbocycles. The van der Waals surface area contributed by atoms with Crippen LogP contribution in [0.4, 0.5) is 0 Å². The first-order valence-electron chi connectivity index (χ1n) is 8.17. The lowest BCUT2D eigenvalue weighted by atomic mass is 10.2.